The van der Waals surface area contributed by atoms with Crippen molar-refractivity contribution < 1.29 is 9.59 Å². The van der Waals surface area contributed by atoms with Crippen LogP contribution in [0.25, 0.3) is 0 Å². The highest BCUT2D eigenvalue weighted by Gasteiger charge is 2.60. The average molecular weight is 424 g/mol. The third kappa shape index (κ3) is 3.58. The smallest absolute Gasteiger partial charge is 0.224 e. The molecule has 4 fully saturated rings. The monoisotopic (exact) mass is 423 g/mol. The molecular weight excluding hydrogens is 386 g/mol. The number of pyridine rings is 1. The largest absolute Gasteiger partial charge is 0.353 e. The zero-order chi connectivity index (χ0) is 21.6. The van der Waals surface area contributed by atoms with Crippen molar-refractivity contribution in [3.8, 4) is 0 Å². The van der Waals surface area contributed by atoms with Crippen molar-refractivity contribution in [2.24, 2.45) is 34.5 Å². The first-order chi connectivity index (χ1) is 14.9. The van der Waals surface area contributed by atoms with Crippen LogP contribution in [0, 0.1) is 34.5 Å². The number of amides is 2. The average Bonchev–Trinajstić information content (AvgIpc) is 3.10. The van der Waals surface area contributed by atoms with E-state index in [9.17, 15) is 9.59 Å². The maximum atomic E-state index is 12.5. The van der Waals surface area contributed by atoms with Crippen LogP contribution in [0.15, 0.2) is 24.5 Å². The summed E-state index contributed by atoms with van der Waals surface area (Å²) in [6.45, 7) is 5.00. The van der Waals surface area contributed by atoms with E-state index in [4.69, 9.17) is 0 Å². The van der Waals surface area contributed by atoms with Crippen LogP contribution in [0.3, 0.4) is 0 Å². The van der Waals surface area contributed by atoms with E-state index in [2.05, 4.69) is 29.5 Å². The van der Waals surface area contributed by atoms with Crippen LogP contribution in [0.1, 0.15) is 78.1 Å². The van der Waals surface area contributed by atoms with Crippen LogP contribution in [-0.2, 0) is 9.59 Å². The van der Waals surface area contributed by atoms with Crippen molar-refractivity contribution in [2.75, 3.05) is 5.32 Å². The highest BCUT2D eigenvalue weighted by atomic mass is 16.2. The fraction of sp³-hybridized carbons (Fsp3) is 0.731. The Kier molecular flexibility index (Phi) is 5.34. The third-order valence-corrected chi connectivity index (χ3v) is 9.98. The van der Waals surface area contributed by atoms with E-state index in [1.807, 2.05) is 12.1 Å². The summed E-state index contributed by atoms with van der Waals surface area (Å²) in [7, 11) is 0. The Labute approximate surface area is 186 Å². The number of hydrogen-bond acceptors (Lipinski definition) is 3. The van der Waals surface area contributed by atoms with Gasteiger partial charge in [-0.25, -0.2) is 0 Å². The Bertz CT molecular complexity index is 842. The normalized spacial score (nSPS) is 41.5. The van der Waals surface area contributed by atoms with E-state index in [0.717, 1.165) is 42.7 Å². The van der Waals surface area contributed by atoms with Crippen LogP contribution in [0.4, 0.5) is 5.69 Å². The van der Waals surface area contributed by atoms with E-state index < -0.39 is 0 Å². The van der Waals surface area contributed by atoms with Gasteiger partial charge in [-0.3, -0.25) is 14.6 Å². The Balaban J connectivity index is 1.24. The highest BCUT2D eigenvalue weighted by Crippen LogP contribution is 2.66. The molecule has 5 nitrogen and oxygen atoms in total. The summed E-state index contributed by atoms with van der Waals surface area (Å²) in [5, 5.41) is 6.36. The number of nitrogens with zero attached hydrogens (tertiary/aromatic N) is 1. The minimum atomic E-state index is 0.123. The number of anilines is 1. The fourth-order valence-corrected chi connectivity index (χ4v) is 8.25. The van der Waals surface area contributed by atoms with Crippen molar-refractivity contribution in [1.82, 2.24) is 10.3 Å². The second-order valence-electron chi connectivity index (χ2n) is 11.2. The SMILES string of the molecule is C[C@]12CCC(=O)N[C@@H]1CC[C@@H]1[C@@H]2CC[C@]2(C)[C@@H](CCC(=O)Nc3ccncc3)CC[C@@H]12. The molecule has 3 aliphatic carbocycles. The van der Waals surface area contributed by atoms with Crippen LogP contribution in [-0.4, -0.2) is 22.8 Å². The lowest BCUT2D eigenvalue weighted by Gasteiger charge is -2.60. The number of rotatable bonds is 4. The second kappa shape index (κ2) is 7.90. The molecule has 0 radical (unpaired) electrons. The highest BCUT2D eigenvalue weighted by molar-refractivity contribution is 5.90. The number of carbonyl (C=O) groups excluding carboxylic acids is 2. The minimum Gasteiger partial charge on any atom is -0.353 e. The molecule has 2 amide bonds. The molecule has 0 spiro atoms. The van der Waals surface area contributed by atoms with Gasteiger partial charge in [0.1, 0.15) is 0 Å². The molecule has 0 bridgehead atoms. The first-order valence-electron chi connectivity index (χ1n) is 12.4. The number of aromatic nitrogens is 1. The molecule has 0 unspecified atom stereocenters. The molecule has 1 aromatic heterocycles. The lowest BCUT2D eigenvalue weighted by molar-refractivity contribution is -0.137. The van der Waals surface area contributed by atoms with E-state index in [-0.39, 0.29) is 17.2 Å². The zero-order valence-corrected chi connectivity index (χ0v) is 19.0. The van der Waals surface area contributed by atoms with Crippen molar-refractivity contribution >= 4 is 17.5 Å². The van der Waals surface area contributed by atoms with Gasteiger partial charge in [-0.05, 0) is 98.0 Å². The Hall–Kier alpha value is -1.91. The number of fused-ring (bicyclic) bond motifs is 5. The van der Waals surface area contributed by atoms with Crippen molar-refractivity contribution in [3.05, 3.63) is 24.5 Å². The lowest BCUT2D eigenvalue weighted by atomic mass is 9.47. The summed E-state index contributed by atoms with van der Waals surface area (Å²) >= 11 is 0. The van der Waals surface area contributed by atoms with E-state index >= 15 is 0 Å². The zero-order valence-electron chi connectivity index (χ0n) is 19.0. The summed E-state index contributed by atoms with van der Waals surface area (Å²) in [6.07, 6.45) is 14.4. The van der Waals surface area contributed by atoms with Gasteiger partial charge < -0.3 is 10.6 Å². The Morgan fingerprint density at radius 3 is 2.65 bits per heavy atom. The predicted octanol–water partition coefficient (Wildman–Crippen LogP) is 4.94. The van der Waals surface area contributed by atoms with Gasteiger partial charge in [0.25, 0.3) is 0 Å². The molecule has 5 rings (SSSR count). The summed E-state index contributed by atoms with van der Waals surface area (Å²) in [5.74, 6) is 3.36. The maximum Gasteiger partial charge on any atom is 0.224 e. The third-order valence-electron chi connectivity index (χ3n) is 9.98. The van der Waals surface area contributed by atoms with Crippen LogP contribution < -0.4 is 10.6 Å². The Morgan fingerprint density at radius 1 is 1.06 bits per heavy atom. The molecule has 2 heterocycles. The first kappa shape index (κ1) is 21.0. The number of carbonyl (C=O) groups is 2. The quantitative estimate of drug-likeness (QED) is 0.721. The van der Waals surface area contributed by atoms with Crippen molar-refractivity contribution in [1.29, 1.82) is 0 Å². The molecule has 3 saturated carbocycles. The lowest BCUT2D eigenvalue weighted by Crippen LogP contribution is -2.61. The van der Waals surface area contributed by atoms with Gasteiger partial charge in [0.2, 0.25) is 11.8 Å². The van der Waals surface area contributed by atoms with Crippen LogP contribution in [0.5, 0.6) is 0 Å². The molecule has 4 aliphatic rings. The molecule has 31 heavy (non-hydrogen) atoms. The summed E-state index contributed by atoms with van der Waals surface area (Å²) in [6, 6.07) is 4.07. The van der Waals surface area contributed by atoms with Gasteiger partial charge in [0, 0.05) is 37.0 Å². The topological polar surface area (TPSA) is 71.1 Å². The minimum absolute atomic E-state index is 0.123. The molecular formula is C26H37N3O2. The molecule has 5 heteroatoms. The number of nitrogens with one attached hydrogen (secondary N) is 2. The van der Waals surface area contributed by atoms with Gasteiger partial charge in [0.15, 0.2) is 0 Å². The molecule has 0 aromatic carbocycles. The first-order valence-corrected chi connectivity index (χ1v) is 12.4. The number of piperidine rings is 1. The van der Waals surface area contributed by atoms with Gasteiger partial charge in [0.05, 0.1) is 0 Å². The standard InChI is InChI=1S/C26H37N3O2/c1-25-13-9-21-19(5-7-22-26(21,2)14-10-24(31)29-22)20(25)6-3-17(25)4-8-23(30)28-18-11-15-27-16-12-18/h11-12,15-17,19-22H,3-10,13-14H2,1-2H3,(H,29,31)(H,27,28,30)/t17-,19+,20+,21+,22-,25-,26-/m1/s1. The van der Waals surface area contributed by atoms with Gasteiger partial charge in [-0.15, -0.1) is 0 Å². The molecule has 2 N–H and O–H groups in total. The molecule has 168 valence electrons. The molecule has 7 atom stereocenters. The van der Waals surface area contributed by atoms with Gasteiger partial charge in [-0.1, -0.05) is 13.8 Å². The Morgan fingerprint density at radius 2 is 1.84 bits per heavy atom. The fourth-order valence-electron chi connectivity index (χ4n) is 8.25. The number of hydrogen-bond donors (Lipinski definition) is 2. The van der Waals surface area contributed by atoms with Gasteiger partial charge >= 0.3 is 0 Å². The van der Waals surface area contributed by atoms with Crippen LogP contribution in [0.2, 0.25) is 0 Å². The molecule has 1 saturated heterocycles. The summed E-state index contributed by atoms with van der Waals surface area (Å²) in [5.41, 5.74) is 1.49. The van der Waals surface area contributed by atoms with Gasteiger partial charge in [-0.2, -0.15) is 0 Å². The van der Waals surface area contributed by atoms with E-state index in [1.54, 1.807) is 12.4 Å². The van der Waals surface area contributed by atoms with E-state index in [1.165, 1.54) is 32.1 Å². The van der Waals surface area contributed by atoms with E-state index in [0.29, 0.717) is 30.2 Å². The second-order valence-corrected chi connectivity index (χ2v) is 11.2. The van der Waals surface area contributed by atoms with Crippen molar-refractivity contribution in [2.45, 2.75) is 84.1 Å². The summed E-state index contributed by atoms with van der Waals surface area (Å²) in [4.78, 5) is 28.5. The van der Waals surface area contributed by atoms with Crippen LogP contribution >= 0.6 is 0 Å². The molecule has 1 aromatic rings. The maximum absolute atomic E-state index is 12.5. The van der Waals surface area contributed by atoms with Crippen molar-refractivity contribution in [3.63, 3.8) is 0 Å². The predicted molar refractivity (Wildman–Crippen MR) is 121 cm³/mol. The summed E-state index contributed by atoms with van der Waals surface area (Å²) < 4.78 is 0. The molecule has 1 aliphatic heterocycles.